The molecular weight excluding hydrogens is 238 g/mol. The van der Waals surface area contributed by atoms with Crippen LogP contribution in [0.3, 0.4) is 0 Å². The summed E-state index contributed by atoms with van der Waals surface area (Å²) < 4.78 is 10.6. The Morgan fingerprint density at radius 1 is 1.35 bits per heavy atom. The number of rotatable bonds is 7. The van der Waals surface area contributed by atoms with Crippen LogP contribution < -0.4 is 10.5 Å². The van der Waals surface area contributed by atoms with Crippen LogP contribution in [0.15, 0.2) is 18.2 Å². The molecule has 17 heavy (non-hydrogen) atoms. The Balaban J connectivity index is 2.72. The summed E-state index contributed by atoms with van der Waals surface area (Å²) in [5, 5.41) is 0.711. The summed E-state index contributed by atoms with van der Waals surface area (Å²) in [5.41, 5.74) is 7.01. The van der Waals surface area contributed by atoms with Crippen molar-refractivity contribution in [3.63, 3.8) is 0 Å². The lowest BCUT2D eigenvalue weighted by molar-refractivity contribution is 0.145. The fraction of sp³-hybridized carbons (Fsp3) is 0.538. The highest BCUT2D eigenvalue weighted by Crippen LogP contribution is 2.24. The van der Waals surface area contributed by atoms with E-state index in [-0.39, 0.29) is 6.04 Å². The molecule has 3 nitrogen and oxygen atoms in total. The largest absolute Gasteiger partial charge is 0.491 e. The first-order valence-electron chi connectivity index (χ1n) is 5.83. The van der Waals surface area contributed by atoms with Gasteiger partial charge in [-0.3, -0.25) is 0 Å². The van der Waals surface area contributed by atoms with E-state index in [4.69, 9.17) is 26.8 Å². The molecule has 0 saturated carbocycles. The molecule has 0 bridgehead atoms. The highest BCUT2D eigenvalue weighted by atomic mass is 35.5. The molecule has 0 amide bonds. The molecular formula is C13H20ClNO2. The maximum atomic E-state index is 5.98. The van der Waals surface area contributed by atoms with Crippen molar-refractivity contribution < 1.29 is 9.47 Å². The van der Waals surface area contributed by atoms with Gasteiger partial charge in [-0.25, -0.2) is 0 Å². The van der Waals surface area contributed by atoms with E-state index < -0.39 is 0 Å². The van der Waals surface area contributed by atoms with Gasteiger partial charge in [-0.05, 0) is 36.6 Å². The number of halogens is 1. The molecule has 1 unspecified atom stereocenters. The van der Waals surface area contributed by atoms with Crippen LogP contribution in [-0.2, 0) is 11.2 Å². The number of nitrogens with two attached hydrogens (primary N) is 1. The van der Waals surface area contributed by atoms with Gasteiger partial charge in [-0.1, -0.05) is 18.5 Å². The van der Waals surface area contributed by atoms with Crippen LogP contribution in [0.2, 0.25) is 5.02 Å². The van der Waals surface area contributed by atoms with Gasteiger partial charge < -0.3 is 15.2 Å². The topological polar surface area (TPSA) is 44.5 Å². The third kappa shape index (κ3) is 4.94. The first-order valence-corrected chi connectivity index (χ1v) is 6.21. The molecule has 0 heterocycles. The summed E-state index contributed by atoms with van der Waals surface area (Å²) in [6, 6.07) is 5.76. The molecule has 0 radical (unpaired) electrons. The van der Waals surface area contributed by atoms with Crippen LogP contribution in [0.4, 0.5) is 0 Å². The monoisotopic (exact) mass is 257 g/mol. The van der Waals surface area contributed by atoms with E-state index in [2.05, 4.69) is 6.92 Å². The van der Waals surface area contributed by atoms with E-state index in [9.17, 15) is 0 Å². The van der Waals surface area contributed by atoms with Gasteiger partial charge in [0.2, 0.25) is 0 Å². The van der Waals surface area contributed by atoms with Gasteiger partial charge in [0, 0.05) is 18.2 Å². The predicted octanol–water partition coefficient (Wildman–Crippen LogP) is 2.65. The summed E-state index contributed by atoms with van der Waals surface area (Å²) in [4.78, 5) is 0. The van der Waals surface area contributed by atoms with Crippen LogP contribution in [0, 0.1) is 0 Å². The summed E-state index contributed by atoms with van der Waals surface area (Å²) in [6.45, 7) is 3.18. The lowest BCUT2D eigenvalue weighted by atomic mass is 10.0. The Kier molecular flexibility index (Phi) is 6.34. The van der Waals surface area contributed by atoms with Crippen molar-refractivity contribution in [1.29, 1.82) is 0 Å². The van der Waals surface area contributed by atoms with E-state index in [0.29, 0.717) is 18.2 Å². The zero-order valence-corrected chi connectivity index (χ0v) is 11.2. The minimum atomic E-state index is 0.137. The zero-order chi connectivity index (χ0) is 12.7. The van der Waals surface area contributed by atoms with Crippen molar-refractivity contribution >= 4 is 11.6 Å². The number of ether oxygens (including phenoxy) is 2. The molecule has 0 saturated heterocycles. The van der Waals surface area contributed by atoms with E-state index >= 15 is 0 Å². The third-order valence-electron chi connectivity index (χ3n) is 2.57. The van der Waals surface area contributed by atoms with Gasteiger partial charge in [-0.15, -0.1) is 0 Å². The minimum absolute atomic E-state index is 0.137. The van der Waals surface area contributed by atoms with E-state index in [1.54, 1.807) is 7.11 Å². The molecule has 96 valence electrons. The van der Waals surface area contributed by atoms with Gasteiger partial charge in [0.05, 0.1) is 6.61 Å². The highest BCUT2D eigenvalue weighted by Gasteiger charge is 2.08. The Morgan fingerprint density at radius 3 is 2.76 bits per heavy atom. The second-order valence-corrected chi connectivity index (χ2v) is 4.40. The molecule has 1 aromatic carbocycles. The Hall–Kier alpha value is -0.770. The molecule has 2 N–H and O–H groups in total. The average molecular weight is 258 g/mol. The van der Waals surface area contributed by atoms with Crippen LogP contribution in [0.5, 0.6) is 5.75 Å². The highest BCUT2D eigenvalue weighted by molar-refractivity contribution is 6.30. The number of benzene rings is 1. The lowest BCUT2D eigenvalue weighted by Crippen LogP contribution is -2.22. The van der Waals surface area contributed by atoms with Crippen LogP contribution in [0.25, 0.3) is 0 Å². The van der Waals surface area contributed by atoms with E-state index in [0.717, 1.165) is 24.2 Å². The average Bonchev–Trinajstić information content (AvgIpc) is 2.32. The normalized spacial score (nSPS) is 12.5. The summed E-state index contributed by atoms with van der Waals surface area (Å²) in [5.74, 6) is 0.843. The summed E-state index contributed by atoms with van der Waals surface area (Å²) in [7, 11) is 1.65. The van der Waals surface area contributed by atoms with Crippen LogP contribution in [-0.4, -0.2) is 26.4 Å². The Morgan fingerprint density at radius 2 is 2.12 bits per heavy atom. The predicted molar refractivity (Wildman–Crippen MR) is 70.8 cm³/mol. The van der Waals surface area contributed by atoms with Gasteiger partial charge in [0.15, 0.2) is 0 Å². The SMILES string of the molecule is CCC(N)Cc1cc(Cl)ccc1OCCOC. The van der Waals surface area contributed by atoms with E-state index in [1.165, 1.54) is 0 Å². The van der Waals surface area contributed by atoms with Crippen molar-refractivity contribution in [2.24, 2.45) is 5.73 Å². The smallest absolute Gasteiger partial charge is 0.122 e. The lowest BCUT2D eigenvalue weighted by Gasteiger charge is -2.14. The van der Waals surface area contributed by atoms with Crippen molar-refractivity contribution in [1.82, 2.24) is 0 Å². The summed E-state index contributed by atoms with van der Waals surface area (Å²) >= 11 is 5.98. The number of hydrogen-bond donors (Lipinski definition) is 1. The fourth-order valence-corrected chi connectivity index (χ4v) is 1.70. The minimum Gasteiger partial charge on any atom is -0.491 e. The second-order valence-electron chi connectivity index (χ2n) is 3.97. The number of hydrogen-bond acceptors (Lipinski definition) is 3. The molecule has 0 aliphatic rings. The molecule has 1 aromatic rings. The van der Waals surface area contributed by atoms with Crippen molar-refractivity contribution in [3.05, 3.63) is 28.8 Å². The van der Waals surface area contributed by atoms with Crippen molar-refractivity contribution in [2.45, 2.75) is 25.8 Å². The molecule has 0 aliphatic heterocycles. The fourth-order valence-electron chi connectivity index (χ4n) is 1.51. The Bertz CT molecular complexity index is 344. The first kappa shape index (κ1) is 14.3. The molecule has 0 spiro atoms. The first-order chi connectivity index (χ1) is 8.17. The second kappa shape index (κ2) is 7.54. The van der Waals surface area contributed by atoms with Gasteiger partial charge >= 0.3 is 0 Å². The van der Waals surface area contributed by atoms with Gasteiger partial charge in [0.25, 0.3) is 0 Å². The molecule has 0 fully saturated rings. The molecule has 1 rings (SSSR count). The molecule has 0 aliphatic carbocycles. The molecule has 1 atom stereocenters. The summed E-state index contributed by atoms with van der Waals surface area (Å²) in [6.07, 6.45) is 1.71. The van der Waals surface area contributed by atoms with Crippen molar-refractivity contribution in [3.8, 4) is 5.75 Å². The van der Waals surface area contributed by atoms with E-state index in [1.807, 2.05) is 18.2 Å². The standard InChI is InChI=1S/C13H20ClNO2/c1-3-12(15)9-10-8-11(14)4-5-13(10)17-7-6-16-2/h4-5,8,12H,3,6-7,9,15H2,1-2H3. The quantitative estimate of drug-likeness (QED) is 0.764. The number of methoxy groups -OCH3 is 1. The maximum absolute atomic E-state index is 5.98. The van der Waals surface area contributed by atoms with Crippen molar-refractivity contribution in [2.75, 3.05) is 20.3 Å². The molecule has 0 aromatic heterocycles. The Labute approximate surface area is 108 Å². The van der Waals surface area contributed by atoms with Gasteiger partial charge in [-0.2, -0.15) is 0 Å². The van der Waals surface area contributed by atoms with Gasteiger partial charge in [0.1, 0.15) is 12.4 Å². The zero-order valence-electron chi connectivity index (χ0n) is 10.4. The molecule has 4 heteroatoms. The van der Waals surface area contributed by atoms with Crippen LogP contribution in [0.1, 0.15) is 18.9 Å². The van der Waals surface area contributed by atoms with Crippen LogP contribution >= 0.6 is 11.6 Å². The third-order valence-corrected chi connectivity index (χ3v) is 2.81. The maximum Gasteiger partial charge on any atom is 0.122 e.